The predicted molar refractivity (Wildman–Crippen MR) is 336 cm³/mol. The van der Waals surface area contributed by atoms with Gasteiger partial charge in [-0.15, -0.1) is 23.4 Å². The molecule has 0 fully saturated rings. The third-order valence-corrected chi connectivity index (χ3v) is 12.3. The zero-order chi connectivity index (χ0) is 70.8. The van der Waals surface area contributed by atoms with Crippen LogP contribution in [-0.2, 0) is 24.5 Å². The maximum Gasteiger partial charge on any atom is 0.454 e. The molecule has 504 valence electrons. The number of carbonyl (C=O) groups is 6. The second kappa shape index (κ2) is 30.9. The van der Waals surface area contributed by atoms with Gasteiger partial charge < -0.3 is 43.1 Å². The predicted octanol–water partition coefficient (Wildman–Crippen LogP) is 16.3. The van der Waals surface area contributed by atoms with Gasteiger partial charge in [-0.05, 0) is 204 Å². The van der Waals surface area contributed by atoms with Gasteiger partial charge in [0.1, 0.15) is 46.2 Å². The van der Waals surface area contributed by atoms with Crippen LogP contribution in [0, 0.1) is 32.6 Å². The summed E-state index contributed by atoms with van der Waals surface area (Å²) in [5.41, 5.74) is -11.4. The quantitative estimate of drug-likeness (QED) is 0.0324. The first-order valence-corrected chi connectivity index (χ1v) is 29.5. The molecular weight excluding hydrogens is 1460 g/mol. The minimum atomic E-state index is -5.56. The molecule has 0 aliphatic rings. The molecule has 92 heavy (non-hydrogen) atoms. The van der Waals surface area contributed by atoms with Crippen molar-refractivity contribution in [3.63, 3.8) is 0 Å². The largest absolute Gasteiger partial charge is 0.476 e. The number of ether oxygens (including phenoxy) is 6. The maximum atomic E-state index is 14.8. The summed E-state index contributed by atoms with van der Waals surface area (Å²) in [5, 5.41) is 27.9. The molecule has 31 heteroatoms. The van der Waals surface area contributed by atoms with Crippen LogP contribution >= 0.6 is 45.2 Å². The van der Waals surface area contributed by atoms with Crippen LogP contribution in [0.2, 0.25) is 0 Å². The number of amides is 4. The molecule has 3 atom stereocenters. The van der Waals surface area contributed by atoms with Gasteiger partial charge in [0.05, 0.1) is 16.9 Å². The Morgan fingerprint density at radius 2 is 1.00 bits per heavy atom. The lowest BCUT2D eigenvalue weighted by Gasteiger charge is -2.29. The van der Waals surface area contributed by atoms with Crippen LogP contribution in [0.25, 0.3) is 11.6 Å². The number of aromatic carboxylic acids is 1. The molecule has 0 saturated heterocycles. The Balaban J connectivity index is 0.000000417. The second-order valence-electron chi connectivity index (χ2n) is 24.0. The van der Waals surface area contributed by atoms with Crippen LogP contribution < -0.4 is 19.3 Å². The SMILES string of the molecule is C=CC[C@@H](C)Oc1nc(-c2nnc(C(O)(c3cc(I)ccc3F)C(F)(F)F)o2)c(N(C(=O)OC(C)(C)C)C(=O)OC(C)(C)C)cc1C.C=CC[C@@H](C)Oc1nc(C(=O)O)c(N(C(=O)OC(C)(C)C)C(=O)OC(C)(C)C)cc1C.O=C(c1cc(I)ccc1F)C(F)(F)F. The topological polar surface area (TPSA) is 269 Å². The first-order chi connectivity index (χ1) is 41.9. The third-order valence-electron chi connectivity index (χ3n) is 11.0. The number of ketones is 1. The molecule has 3 heterocycles. The molecule has 2 N–H and O–H groups in total. The summed E-state index contributed by atoms with van der Waals surface area (Å²) >= 11 is 3.35. The van der Waals surface area contributed by atoms with Gasteiger partial charge in [-0.25, -0.2) is 42.7 Å². The lowest BCUT2D eigenvalue weighted by Crippen LogP contribution is -2.44. The number of aryl methyl sites for hydroxylation is 2. The van der Waals surface area contributed by atoms with Crippen LogP contribution in [0.3, 0.4) is 0 Å². The number of nitrogens with zero attached hydrogens (tertiary/aromatic N) is 6. The number of carbonyl (C=O) groups excluding carboxylic acids is 5. The Morgan fingerprint density at radius 1 is 0.609 bits per heavy atom. The molecule has 0 aliphatic carbocycles. The van der Waals surface area contributed by atoms with E-state index in [1.807, 2.05) is 0 Å². The number of alkyl halides is 6. The number of aromatic nitrogens is 4. The molecule has 0 spiro atoms. The van der Waals surface area contributed by atoms with Crippen LogP contribution in [0.4, 0.5) is 65.7 Å². The smallest absolute Gasteiger partial charge is 0.454 e. The van der Waals surface area contributed by atoms with Crippen LogP contribution in [-0.4, -0.2) is 113 Å². The highest BCUT2D eigenvalue weighted by Gasteiger charge is 2.62. The van der Waals surface area contributed by atoms with Gasteiger partial charge in [-0.1, -0.05) is 12.2 Å². The van der Waals surface area contributed by atoms with Crippen molar-refractivity contribution in [3.8, 4) is 23.3 Å². The summed E-state index contributed by atoms with van der Waals surface area (Å²) in [4.78, 5) is 84.8. The molecule has 1 unspecified atom stereocenters. The van der Waals surface area contributed by atoms with Gasteiger partial charge in [0.25, 0.3) is 23.2 Å². The minimum Gasteiger partial charge on any atom is -0.476 e. The van der Waals surface area contributed by atoms with E-state index in [0.717, 1.165) is 24.3 Å². The molecular formula is C61H70F8I2N6O15. The van der Waals surface area contributed by atoms with Crippen LogP contribution in [0.1, 0.15) is 153 Å². The fraction of sp³-hybridized carbons (Fsp3) is 0.443. The van der Waals surface area contributed by atoms with Gasteiger partial charge >= 0.3 is 42.7 Å². The van der Waals surface area contributed by atoms with E-state index in [0.29, 0.717) is 31.8 Å². The lowest BCUT2D eigenvalue weighted by atomic mass is 9.92. The molecule has 0 saturated carbocycles. The van der Waals surface area contributed by atoms with Gasteiger partial charge in [0.2, 0.25) is 11.8 Å². The third kappa shape index (κ3) is 22.3. The Kier molecular flexibility index (Phi) is 26.4. The van der Waals surface area contributed by atoms with Crippen molar-refractivity contribution >= 4 is 92.7 Å². The standard InChI is InChI=1S/C31H35F4IN4O7.C22H32N2O7.C8H3F4IO/c1-10-11-17(3)44-23-16(2)14-21(40(26(41)46-28(4,5)6)27(42)47-29(7,8)9)22(37-23)24-38-39-25(45-24)30(43,31(33,34)35)19-15-18(36)12-13-20(19)32;1-10-11-14(3)29-17-13(2)12-15(16(23-17)18(25)26)24(19(27)30-21(4,5)6)20(28)31-22(7,8)9;9-6-2-1-4(13)3-5(6)7(14)8(10,11)12/h10,12-15,17,43H,1,11H2,2-9H3;10,12,14H,1,11H2,2-9H3,(H,25,26);1-3H/t17-,30?;14-;/m11./s1. The molecule has 2 aromatic carbocycles. The van der Waals surface area contributed by atoms with E-state index in [9.17, 15) is 74.1 Å². The summed E-state index contributed by atoms with van der Waals surface area (Å²) in [6.07, 6.45) is -11.8. The second-order valence-corrected chi connectivity index (χ2v) is 26.4. The van der Waals surface area contributed by atoms with Gasteiger partial charge in [-0.3, -0.25) is 4.79 Å². The van der Waals surface area contributed by atoms with Gasteiger partial charge in [0.15, 0.2) is 11.4 Å². The molecule has 5 rings (SSSR count). The van der Waals surface area contributed by atoms with Crippen molar-refractivity contribution in [2.75, 3.05) is 9.80 Å². The summed E-state index contributed by atoms with van der Waals surface area (Å²) in [6, 6.07) is 8.32. The van der Waals surface area contributed by atoms with Crippen molar-refractivity contribution in [2.24, 2.45) is 0 Å². The van der Waals surface area contributed by atoms with Crippen molar-refractivity contribution in [1.29, 1.82) is 0 Å². The van der Waals surface area contributed by atoms with Crippen molar-refractivity contribution in [1.82, 2.24) is 20.2 Å². The van der Waals surface area contributed by atoms with Crippen LogP contribution in [0.5, 0.6) is 11.8 Å². The van der Waals surface area contributed by atoms with Crippen LogP contribution in [0.15, 0.2) is 78.3 Å². The van der Waals surface area contributed by atoms with E-state index in [-0.39, 0.29) is 38.4 Å². The molecule has 0 aliphatic heterocycles. The number of imide groups is 2. The van der Waals surface area contributed by atoms with Gasteiger partial charge in [-0.2, -0.15) is 36.1 Å². The summed E-state index contributed by atoms with van der Waals surface area (Å²) in [6.45, 7) is 33.0. The number of halogens is 10. The molecule has 21 nitrogen and oxygen atoms in total. The van der Waals surface area contributed by atoms with Crippen molar-refractivity contribution < 1.29 is 107 Å². The summed E-state index contributed by atoms with van der Waals surface area (Å²) in [7, 11) is 0. The normalized spacial score (nSPS) is 13.2. The maximum absolute atomic E-state index is 14.8. The zero-order valence-electron chi connectivity index (χ0n) is 52.9. The number of aliphatic hydroxyl groups is 1. The molecule has 4 amide bonds. The fourth-order valence-electron chi connectivity index (χ4n) is 7.23. The van der Waals surface area contributed by atoms with E-state index in [4.69, 9.17) is 32.8 Å². The number of pyridine rings is 2. The molecule has 3 aromatic heterocycles. The highest BCUT2D eigenvalue weighted by Crippen LogP contribution is 2.46. The monoisotopic (exact) mass is 1530 g/mol. The number of carboxylic acids is 1. The number of benzene rings is 2. The first-order valence-electron chi connectivity index (χ1n) is 27.4. The Hall–Kier alpha value is -7.56. The molecule has 0 bridgehead atoms. The van der Waals surface area contributed by atoms with E-state index in [1.165, 1.54) is 24.3 Å². The van der Waals surface area contributed by atoms with E-state index < -0.39 is 129 Å². The Labute approximate surface area is 552 Å². The number of rotatable bonds is 15. The van der Waals surface area contributed by atoms with E-state index in [1.54, 1.807) is 168 Å². The Morgan fingerprint density at radius 3 is 1.39 bits per heavy atom. The first kappa shape index (κ1) is 78.7. The highest BCUT2D eigenvalue weighted by atomic mass is 127. The summed E-state index contributed by atoms with van der Waals surface area (Å²) in [5.74, 6) is -8.41. The average Bonchev–Trinajstić information content (AvgIpc) is 1.39. The number of hydrogen-bond acceptors (Lipinski definition) is 18. The Bertz CT molecular complexity index is 3480. The number of carboxylic acid groups (broad SMARTS) is 1. The molecule has 5 aromatic rings. The zero-order valence-corrected chi connectivity index (χ0v) is 57.2. The lowest BCUT2D eigenvalue weighted by molar-refractivity contribution is -0.256. The van der Waals surface area contributed by atoms with Crippen molar-refractivity contribution in [2.45, 2.75) is 176 Å². The average molecular weight is 1530 g/mol. The van der Waals surface area contributed by atoms with Crippen molar-refractivity contribution in [3.05, 3.63) is 126 Å². The number of Topliss-reactive ketones (excluding diaryl/α,β-unsaturated/α-hetero) is 1. The van der Waals surface area contributed by atoms with E-state index in [2.05, 4.69) is 33.3 Å². The number of hydrogen-bond donors (Lipinski definition) is 2. The minimum absolute atomic E-state index is 0.0686. The fourth-order valence-corrected chi connectivity index (χ4v) is 8.21. The number of anilines is 2. The van der Waals surface area contributed by atoms with Gasteiger partial charge in [0, 0.05) is 36.7 Å². The van der Waals surface area contributed by atoms with E-state index >= 15 is 0 Å². The molecule has 0 radical (unpaired) electrons. The summed E-state index contributed by atoms with van der Waals surface area (Å²) < 4.78 is 146. The highest BCUT2D eigenvalue weighted by molar-refractivity contribution is 14.1.